The summed E-state index contributed by atoms with van der Waals surface area (Å²) in [6, 6.07) is 18.9. The van der Waals surface area contributed by atoms with Crippen molar-refractivity contribution in [3.05, 3.63) is 84.2 Å². The van der Waals surface area contributed by atoms with E-state index in [-0.39, 0.29) is 23.6 Å². The summed E-state index contributed by atoms with van der Waals surface area (Å²) in [6.07, 6.45) is -2.52. The number of amides is 2. The van der Waals surface area contributed by atoms with Gasteiger partial charge in [0, 0.05) is 30.1 Å². The Morgan fingerprint density at radius 1 is 1.04 bits per heavy atom. The van der Waals surface area contributed by atoms with Crippen molar-refractivity contribution in [2.45, 2.75) is 45.4 Å². The predicted octanol–water partition coefficient (Wildman–Crippen LogP) is 7.78. The normalized spacial score (nSPS) is 15.0. The number of methoxy groups -OCH3 is 1. The Labute approximate surface area is 269 Å². The van der Waals surface area contributed by atoms with E-state index >= 15 is 0 Å². The van der Waals surface area contributed by atoms with Crippen LogP contribution in [-0.4, -0.2) is 58.3 Å². The van der Waals surface area contributed by atoms with Crippen LogP contribution in [0.1, 0.15) is 50.2 Å². The maximum atomic E-state index is 12.8. The number of aliphatic imine (C=N–C) groups is 1. The van der Waals surface area contributed by atoms with Gasteiger partial charge in [0.05, 0.1) is 12.8 Å². The van der Waals surface area contributed by atoms with Crippen molar-refractivity contribution in [1.29, 1.82) is 0 Å². The van der Waals surface area contributed by atoms with E-state index in [4.69, 9.17) is 4.74 Å². The van der Waals surface area contributed by atoms with Crippen LogP contribution in [0.25, 0.3) is 17.1 Å². The van der Waals surface area contributed by atoms with E-state index in [0.717, 1.165) is 46.8 Å². The van der Waals surface area contributed by atoms with Gasteiger partial charge in [0.25, 0.3) is 0 Å². The number of hydrogen-bond donors (Lipinski definition) is 1. The minimum absolute atomic E-state index is 0.176. The molecule has 1 atom stereocenters. The number of nitrogens with one attached hydrogen (secondary N) is 1. The van der Waals surface area contributed by atoms with Crippen LogP contribution in [0.3, 0.4) is 0 Å². The Kier molecular flexibility index (Phi) is 10.2. The van der Waals surface area contributed by atoms with Crippen molar-refractivity contribution in [1.82, 2.24) is 20.1 Å². The largest absolute Gasteiger partial charge is 0.573 e. The van der Waals surface area contributed by atoms with Gasteiger partial charge in [-0.25, -0.2) is 14.5 Å². The van der Waals surface area contributed by atoms with Crippen molar-refractivity contribution in [2.24, 2.45) is 4.99 Å². The Morgan fingerprint density at radius 2 is 1.76 bits per heavy atom. The standard InChI is InChI=1S/C33H35F3N6O3S/c1-21(2)28-19-27(44-4)13-14-29(28)41-17-18-46-32(41)39-31(43)37-16-15-22(3)23-5-7-24(8-6-23)30-38-20-42(40-30)25-9-11-26(12-10-25)45-33(34,35)36/h5-14,19-22H,15-18H2,1-4H3,(H,37,43). The summed E-state index contributed by atoms with van der Waals surface area (Å²) in [5.74, 6) is 2.29. The fourth-order valence-electron chi connectivity index (χ4n) is 5.06. The minimum Gasteiger partial charge on any atom is -0.497 e. The fraction of sp³-hybridized carbons (Fsp3) is 0.333. The molecule has 13 heteroatoms. The number of carbonyl (C=O) groups is 1. The van der Waals surface area contributed by atoms with Crippen LogP contribution >= 0.6 is 11.8 Å². The van der Waals surface area contributed by atoms with Crippen molar-refractivity contribution < 1.29 is 27.4 Å². The number of thioether (sulfide) groups is 1. The van der Waals surface area contributed by atoms with Crippen LogP contribution in [0, 0.1) is 0 Å². The lowest BCUT2D eigenvalue weighted by Gasteiger charge is -2.23. The Bertz CT molecular complexity index is 1670. The molecule has 4 aromatic rings. The van der Waals surface area contributed by atoms with Gasteiger partial charge in [0.1, 0.15) is 17.8 Å². The first-order valence-electron chi connectivity index (χ1n) is 14.8. The Hall–Kier alpha value is -4.52. The molecule has 0 spiro atoms. The van der Waals surface area contributed by atoms with Gasteiger partial charge in [-0.2, -0.15) is 4.99 Å². The summed E-state index contributed by atoms with van der Waals surface area (Å²) in [5.41, 5.74) is 4.63. The molecule has 242 valence electrons. The number of urea groups is 1. The summed E-state index contributed by atoms with van der Waals surface area (Å²) in [4.78, 5) is 23.6. The van der Waals surface area contributed by atoms with Crippen molar-refractivity contribution in [3.8, 4) is 28.6 Å². The van der Waals surface area contributed by atoms with E-state index in [2.05, 4.69) is 50.8 Å². The first kappa shape index (κ1) is 32.9. The van der Waals surface area contributed by atoms with E-state index in [0.29, 0.717) is 23.2 Å². The number of carbonyl (C=O) groups excluding carboxylic acids is 1. The molecule has 2 heterocycles. The lowest BCUT2D eigenvalue weighted by molar-refractivity contribution is -0.274. The number of anilines is 1. The van der Waals surface area contributed by atoms with Crippen LogP contribution in [0.5, 0.6) is 11.5 Å². The molecule has 1 saturated heterocycles. The van der Waals surface area contributed by atoms with Gasteiger partial charge in [-0.15, -0.1) is 18.3 Å². The summed E-state index contributed by atoms with van der Waals surface area (Å²) in [5, 5.41) is 8.08. The van der Waals surface area contributed by atoms with Gasteiger partial charge in [0.2, 0.25) is 0 Å². The molecule has 1 aromatic heterocycles. The maximum absolute atomic E-state index is 12.8. The van der Waals surface area contributed by atoms with Gasteiger partial charge in [-0.05, 0) is 71.8 Å². The summed E-state index contributed by atoms with van der Waals surface area (Å²) in [7, 11) is 1.66. The molecule has 0 radical (unpaired) electrons. The van der Waals surface area contributed by atoms with Crippen LogP contribution < -0.4 is 19.7 Å². The fourth-order valence-corrected chi connectivity index (χ4v) is 6.00. The zero-order valence-electron chi connectivity index (χ0n) is 25.9. The highest BCUT2D eigenvalue weighted by molar-refractivity contribution is 8.14. The highest BCUT2D eigenvalue weighted by Crippen LogP contribution is 2.35. The second-order valence-corrected chi connectivity index (χ2v) is 12.1. The van der Waals surface area contributed by atoms with Gasteiger partial charge in [-0.1, -0.05) is 56.8 Å². The Balaban J connectivity index is 1.14. The number of hydrogen-bond acceptors (Lipinski definition) is 6. The molecule has 2 amide bonds. The highest BCUT2D eigenvalue weighted by atomic mass is 32.2. The average Bonchev–Trinajstić information content (AvgIpc) is 3.71. The first-order valence-corrected chi connectivity index (χ1v) is 15.8. The quantitative estimate of drug-likeness (QED) is 0.187. The van der Waals surface area contributed by atoms with E-state index in [1.807, 2.05) is 42.5 Å². The number of rotatable bonds is 10. The topological polar surface area (TPSA) is 93.9 Å². The van der Waals surface area contributed by atoms with E-state index < -0.39 is 6.36 Å². The third kappa shape index (κ3) is 8.19. The molecule has 1 fully saturated rings. The number of halogens is 3. The second kappa shape index (κ2) is 14.3. The smallest absolute Gasteiger partial charge is 0.497 e. The van der Waals surface area contributed by atoms with Crippen molar-refractivity contribution in [3.63, 3.8) is 0 Å². The van der Waals surface area contributed by atoms with Crippen LogP contribution in [0.15, 0.2) is 78.0 Å². The highest BCUT2D eigenvalue weighted by Gasteiger charge is 2.31. The summed E-state index contributed by atoms with van der Waals surface area (Å²) < 4.78 is 48.1. The minimum atomic E-state index is -4.75. The molecule has 1 unspecified atom stereocenters. The number of ether oxygens (including phenoxy) is 2. The van der Waals surface area contributed by atoms with Gasteiger partial charge in [-0.3, -0.25) is 0 Å². The molecule has 5 rings (SSSR count). The molecule has 3 aromatic carbocycles. The number of benzene rings is 3. The molecule has 0 aliphatic carbocycles. The third-order valence-corrected chi connectivity index (χ3v) is 8.50. The maximum Gasteiger partial charge on any atom is 0.573 e. The summed E-state index contributed by atoms with van der Waals surface area (Å²) in [6.45, 7) is 7.62. The molecule has 46 heavy (non-hydrogen) atoms. The second-order valence-electron chi connectivity index (χ2n) is 11.1. The molecule has 1 aliphatic heterocycles. The van der Waals surface area contributed by atoms with E-state index in [1.165, 1.54) is 35.3 Å². The number of aromatic nitrogens is 3. The van der Waals surface area contributed by atoms with Gasteiger partial charge < -0.3 is 19.7 Å². The third-order valence-electron chi connectivity index (χ3n) is 7.54. The molecule has 1 aliphatic rings. The van der Waals surface area contributed by atoms with Gasteiger partial charge in [0.15, 0.2) is 11.0 Å². The Morgan fingerprint density at radius 3 is 2.43 bits per heavy atom. The number of nitrogens with zero attached hydrogens (tertiary/aromatic N) is 5. The van der Waals surface area contributed by atoms with Crippen LogP contribution in [0.4, 0.5) is 23.7 Å². The zero-order chi connectivity index (χ0) is 32.8. The lowest BCUT2D eigenvalue weighted by atomic mass is 9.96. The van der Waals surface area contributed by atoms with Crippen molar-refractivity contribution in [2.75, 3.05) is 30.9 Å². The zero-order valence-corrected chi connectivity index (χ0v) is 26.7. The van der Waals surface area contributed by atoms with Crippen LogP contribution in [-0.2, 0) is 0 Å². The molecule has 0 bridgehead atoms. The van der Waals surface area contributed by atoms with E-state index in [1.54, 1.807) is 18.9 Å². The number of amidine groups is 1. The predicted molar refractivity (Wildman–Crippen MR) is 174 cm³/mol. The molecular formula is C33H35F3N6O3S. The van der Waals surface area contributed by atoms with Gasteiger partial charge >= 0.3 is 12.4 Å². The number of alkyl halides is 3. The molecule has 1 N–H and O–H groups in total. The molecule has 0 saturated carbocycles. The first-order chi connectivity index (χ1) is 22.0. The monoisotopic (exact) mass is 652 g/mol. The van der Waals surface area contributed by atoms with E-state index in [9.17, 15) is 18.0 Å². The molecule has 9 nitrogen and oxygen atoms in total. The SMILES string of the molecule is COc1ccc(N2CCSC2=NC(=O)NCCC(C)c2ccc(-c3ncn(-c4ccc(OC(F)(F)F)cc4)n3)cc2)c(C(C)C)c1. The lowest BCUT2D eigenvalue weighted by Crippen LogP contribution is -2.29. The molecular weight excluding hydrogens is 617 g/mol. The average molecular weight is 653 g/mol. The van der Waals surface area contributed by atoms with Crippen LogP contribution in [0.2, 0.25) is 0 Å². The summed E-state index contributed by atoms with van der Waals surface area (Å²) >= 11 is 1.57. The van der Waals surface area contributed by atoms with Crippen molar-refractivity contribution >= 4 is 28.6 Å².